The standard InChI is InChI=1S/C21H15N3O/c1-25-18-9-5-6-16(12-18)19-10-15(13-22)11-20-21(19)24(14-23-20)17-7-3-2-4-8-17/h2-12,14H,1H3. The zero-order valence-corrected chi connectivity index (χ0v) is 13.7. The summed E-state index contributed by atoms with van der Waals surface area (Å²) in [5, 5.41) is 9.38. The molecule has 0 aliphatic carbocycles. The smallest absolute Gasteiger partial charge is 0.119 e. The van der Waals surface area contributed by atoms with Crippen LogP contribution < -0.4 is 4.74 Å². The van der Waals surface area contributed by atoms with Crippen molar-refractivity contribution >= 4 is 11.0 Å². The topological polar surface area (TPSA) is 50.8 Å². The fraction of sp³-hybridized carbons (Fsp3) is 0.0476. The molecule has 0 bridgehead atoms. The number of imidazole rings is 1. The number of benzene rings is 3. The monoisotopic (exact) mass is 325 g/mol. The summed E-state index contributed by atoms with van der Waals surface area (Å²) in [5.74, 6) is 0.777. The summed E-state index contributed by atoms with van der Waals surface area (Å²) >= 11 is 0. The molecule has 1 heterocycles. The molecule has 0 amide bonds. The van der Waals surface area contributed by atoms with Crippen LogP contribution in [0.25, 0.3) is 27.8 Å². The number of hydrogen-bond acceptors (Lipinski definition) is 3. The van der Waals surface area contributed by atoms with Gasteiger partial charge in [0.25, 0.3) is 0 Å². The van der Waals surface area contributed by atoms with Crippen molar-refractivity contribution in [3.63, 3.8) is 0 Å². The van der Waals surface area contributed by atoms with Gasteiger partial charge >= 0.3 is 0 Å². The maximum atomic E-state index is 9.38. The molecule has 0 aliphatic heterocycles. The summed E-state index contributed by atoms with van der Waals surface area (Å²) in [6, 6.07) is 23.8. The van der Waals surface area contributed by atoms with E-state index >= 15 is 0 Å². The van der Waals surface area contributed by atoms with Crippen LogP contribution in [0.5, 0.6) is 5.75 Å². The molecule has 0 saturated carbocycles. The lowest BCUT2D eigenvalue weighted by atomic mass is 10.0. The predicted molar refractivity (Wildman–Crippen MR) is 97.8 cm³/mol. The SMILES string of the molecule is COc1cccc(-c2cc(C#N)cc3ncn(-c4ccccc4)c23)c1. The van der Waals surface area contributed by atoms with Gasteiger partial charge in [0.2, 0.25) is 0 Å². The number of nitriles is 1. The van der Waals surface area contributed by atoms with E-state index in [2.05, 4.69) is 11.1 Å². The Bertz CT molecular complexity index is 1090. The second kappa shape index (κ2) is 6.14. The molecule has 4 nitrogen and oxygen atoms in total. The van der Waals surface area contributed by atoms with Crippen molar-refractivity contribution in [3.8, 4) is 28.6 Å². The van der Waals surface area contributed by atoms with Gasteiger partial charge in [-0.3, -0.25) is 4.57 Å². The number of hydrogen-bond donors (Lipinski definition) is 0. The Morgan fingerprint density at radius 3 is 2.60 bits per heavy atom. The van der Waals surface area contributed by atoms with E-state index in [4.69, 9.17) is 4.74 Å². The molecule has 1 aromatic heterocycles. The van der Waals surface area contributed by atoms with Gasteiger partial charge in [-0.15, -0.1) is 0 Å². The van der Waals surface area contributed by atoms with E-state index in [-0.39, 0.29) is 0 Å². The van der Waals surface area contributed by atoms with Gasteiger partial charge in [0.15, 0.2) is 0 Å². The van der Waals surface area contributed by atoms with Crippen LogP contribution in [0, 0.1) is 11.3 Å². The van der Waals surface area contributed by atoms with Crippen LogP contribution in [-0.2, 0) is 0 Å². The molecule has 0 N–H and O–H groups in total. The third kappa shape index (κ3) is 2.62. The second-order valence-corrected chi connectivity index (χ2v) is 5.69. The Morgan fingerprint density at radius 2 is 1.84 bits per heavy atom. The molecule has 0 fully saturated rings. The van der Waals surface area contributed by atoms with E-state index in [9.17, 15) is 5.26 Å². The highest BCUT2D eigenvalue weighted by atomic mass is 16.5. The zero-order chi connectivity index (χ0) is 17.2. The number of rotatable bonds is 3. The van der Waals surface area contributed by atoms with Gasteiger partial charge in [0.05, 0.1) is 29.8 Å². The van der Waals surface area contributed by atoms with Gasteiger partial charge in [-0.25, -0.2) is 4.98 Å². The van der Waals surface area contributed by atoms with Crippen LogP contribution >= 0.6 is 0 Å². The molecular weight excluding hydrogens is 310 g/mol. The highest BCUT2D eigenvalue weighted by molar-refractivity contribution is 5.94. The largest absolute Gasteiger partial charge is 0.497 e. The normalized spacial score (nSPS) is 10.6. The van der Waals surface area contributed by atoms with E-state index in [0.29, 0.717) is 5.56 Å². The molecule has 4 rings (SSSR count). The summed E-state index contributed by atoms with van der Waals surface area (Å²) in [6.45, 7) is 0. The minimum absolute atomic E-state index is 0.587. The summed E-state index contributed by atoms with van der Waals surface area (Å²) in [5.41, 5.74) is 5.31. The zero-order valence-electron chi connectivity index (χ0n) is 13.7. The average Bonchev–Trinajstić information content (AvgIpc) is 3.12. The van der Waals surface area contributed by atoms with Gasteiger partial charge in [0, 0.05) is 11.3 Å². The molecule has 0 saturated heterocycles. The maximum absolute atomic E-state index is 9.38. The first-order valence-electron chi connectivity index (χ1n) is 7.91. The fourth-order valence-electron chi connectivity index (χ4n) is 3.01. The van der Waals surface area contributed by atoms with Gasteiger partial charge < -0.3 is 4.74 Å². The first-order valence-corrected chi connectivity index (χ1v) is 7.91. The molecule has 120 valence electrons. The molecular formula is C21H15N3O. The van der Waals surface area contributed by atoms with E-state index in [1.807, 2.05) is 71.3 Å². The summed E-state index contributed by atoms with van der Waals surface area (Å²) in [4.78, 5) is 4.51. The highest BCUT2D eigenvalue weighted by Gasteiger charge is 2.13. The van der Waals surface area contributed by atoms with Gasteiger partial charge in [-0.2, -0.15) is 5.26 Å². The number of aromatic nitrogens is 2. The van der Waals surface area contributed by atoms with Crippen LogP contribution in [0.2, 0.25) is 0 Å². The second-order valence-electron chi connectivity index (χ2n) is 5.69. The third-order valence-electron chi connectivity index (χ3n) is 4.19. The number of para-hydroxylation sites is 1. The molecule has 0 unspecified atom stereocenters. The number of ether oxygens (including phenoxy) is 1. The van der Waals surface area contributed by atoms with Crippen molar-refractivity contribution in [3.05, 3.63) is 78.6 Å². The maximum Gasteiger partial charge on any atom is 0.119 e. The van der Waals surface area contributed by atoms with E-state index in [1.54, 1.807) is 13.4 Å². The lowest BCUT2D eigenvalue weighted by molar-refractivity contribution is 0.415. The van der Waals surface area contributed by atoms with Gasteiger partial charge in [-0.05, 0) is 42.0 Å². The van der Waals surface area contributed by atoms with E-state index in [0.717, 1.165) is 33.6 Å². The number of fused-ring (bicyclic) bond motifs is 1. The molecule has 25 heavy (non-hydrogen) atoms. The molecule has 3 aromatic carbocycles. The Balaban J connectivity index is 2.04. The minimum Gasteiger partial charge on any atom is -0.497 e. The lowest BCUT2D eigenvalue weighted by Gasteiger charge is -2.11. The van der Waals surface area contributed by atoms with Crippen molar-refractivity contribution in [2.75, 3.05) is 7.11 Å². The number of methoxy groups -OCH3 is 1. The average molecular weight is 325 g/mol. The molecule has 0 radical (unpaired) electrons. The molecule has 4 aromatic rings. The summed E-state index contributed by atoms with van der Waals surface area (Å²) in [6.07, 6.45) is 1.80. The van der Waals surface area contributed by atoms with Crippen molar-refractivity contribution in [2.24, 2.45) is 0 Å². The molecule has 0 spiro atoms. The van der Waals surface area contributed by atoms with Crippen LogP contribution in [-0.4, -0.2) is 16.7 Å². The van der Waals surface area contributed by atoms with Crippen LogP contribution in [0.3, 0.4) is 0 Å². The summed E-state index contributed by atoms with van der Waals surface area (Å²) in [7, 11) is 1.65. The Labute approximate surface area is 145 Å². The Hall–Kier alpha value is -3.58. The van der Waals surface area contributed by atoms with E-state index < -0.39 is 0 Å². The fourth-order valence-corrected chi connectivity index (χ4v) is 3.01. The van der Waals surface area contributed by atoms with Crippen LogP contribution in [0.15, 0.2) is 73.1 Å². The minimum atomic E-state index is 0.587. The number of nitrogens with zero attached hydrogens (tertiary/aromatic N) is 3. The highest BCUT2D eigenvalue weighted by Crippen LogP contribution is 2.33. The van der Waals surface area contributed by atoms with Crippen molar-refractivity contribution < 1.29 is 4.74 Å². The van der Waals surface area contributed by atoms with Crippen LogP contribution in [0.1, 0.15) is 5.56 Å². The quantitative estimate of drug-likeness (QED) is 0.554. The van der Waals surface area contributed by atoms with E-state index in [1.165, 1.54) is 0 Å². The first kappa shape index (κ1) is 15.0. The van der Waals surface area contributed by atoms with Crippen molar-refractivity contribution in [1.82, 2.24) is 9.55 Å². The first-order chi connectivity index (χ1) is 12.3. The van der Waals surface area contributed by atoms with Gasteiger partial charge in [0.1, 0.15) is 12.1 Å². The van der Waals surface area contributed by atoms with Crippen molar-refractivity contribution in [2.45, 2.75) is 0 Å². The van der Waals surface area contributed by atoms with Crippen LogP contribution in [0.4, 0.5) is 0 Å². The molecule has 4 heteroatoms. The summed E-state index contributed by atoms with van der Waals surface area (Å²) < 4.78 is 7.40. The predicted octanol–water partition coefficient (Wildman–Crippen LogP) is 4.57. The van der Waals surface area contributed by atoms with Crippen molar-refractivity contribution in [1.29, 1.82) is 5.26 Å². The lowest BCUT2D eigenvalue weighted by Crippen LogP contribution is -1.94. The Kier molecular flexibility index (Phi) is 3.68. The molecule has 0 atom stereocenters. The third-order valence-corrected chi connectivity index (χ3v) is 4.19. The Morgan fingerprint density at radius 1 is 1.00 bits per heavy atom. The van der Waals surface area contributed by atoms with Gasteiger partial charge in [-0.1, -0.05) is 30.3 Å². The molecule has 0 aliphatic rings.